The summed E-state index contributed by atoms with van der Waals surface area (Å²) < 4.78 is 5.22. The average Bonchev–Trinajstić information content (AvgIpc) is 3.73. The van der Waals surface area contributed by atoms with Gasteiger partial charge in [0.15, 0.2) is 8.07 Å². The zero-order chi connectivity index (χ0) is 33.7. The molecule has 238 valence electrons. The zero-order valence-corrected chi connectivity index (χ0v) is 30.4. The molecule has 9 rings (SSSR count). The fourth-order valence-corrected chi connectivity index (χ4v) is 15.0. The first kappa shape index (κ1) is 30.7. The molecule has 0 atom stereocenters. The van der Waals surface area contributed by atoms with Crippen molar-refractivity contribution in [3.8, 4) is 11.1 Å². The normalized spacial score (nSPS) is 12.5. The van der Waals surface area contributed by atoms with Crippen molar-refractivity contribution in [3.05, 3.63) is 191 Å². The molecule has 0 saturated carbocycles. The largest absolute Gasteiger partial charge is 0.179 e. The molecule has 2 aromatic heterocycles. The van der Waals surface area contributed by atoms with E-state index in [0.717, 1.165) is 5.22 Å². The van der Waals surface area contributed by atoms with Crippen molar-refractivity contribution < 1.29 is 0 Å². The van der Waals surface area contributed by atoms with Gasteiger partial charge >= 0.3 is 0 Å². The van der Waals surface area contributed by atoms with E-state index in [2.05, 4.69) is 189 Å². The van der Waals surface area contributed by atoms with E-state index in [1.807, 2.05) is 22.7 Å². The molecule has 0 fully saturated rings. The van der Waals surface area contributed by atoms with Gasteiger partial charge in [-0.25, -0.2) is 0 Å². The Hall–Kier alpha value is -5.32. The Morgan fingerprint density at radius 3 is 1.72 bits per heavy atom. The molecule has 7 aromatic carbocycles. The lowest BCUT2D eigenvalue weighted by atomic mass is 10.0. The molecule has 0 unspecified atom stereocenters. The van der Waals surface area contributed by atoms with Crippen LogP contribution in [0.5, 0.6) is 0 Å². The Kier molecular flexibility index (Phi) is 7.70. The smallest absolute Gasteiger partial charge is 0.135 e. The Bertz CT molecular complexity index is 2750. The third-order valence-electron chi connectivity index (χ3n) is 10.2. The number of hydrogen-bond acceptors (Lipinski definition) is 2. The Labute approximate surface area is 301 Å². The highest BCUT2D eigenvalue weighted by Gasteiger charge is 2.41. The first-order valence-corrected chi connectivity index (χ1v) is 20.7. The molecule has 50 heavy (non-hydrogen) atoms. The van der Waals surface area contributed by atoms with Crippen LogP contribution < -0.4 is 30.5 Å². The highest BCUT2D eigenvalue weighted by atomic mass is 32.1. The third-order valence-corrected chi connectivity index (χ3v) is 17.5. The van der Waals surface area contributed by atoms with E-state index in [-0.39, 0.29) is 0 Å². The second-order valence-electron chi connectivity index (χ2n) is 13.0. The molecule has 0 radical (unpaired) electrons. The minimum absolute atomic E-state index is 1.12. The topological polar surface area (TPSA) is 0 Å². The van der Waals surface area contributed by atoms with Gasteiger partial charge in [-0.1, -0.05) is 170 Å². The molecule has 0 aliphatic carbocycles. The van der Waals surface area contributed by atoms with Crippen LogP contribution in [0.2, 0.25) is 0 Å². The summed E-state index contributed by atoms with van der Waals surface area (Å²) in [7, 11) is -2.81. The van der Waals surface area contributed by atoms with E-state index in [9.17, 15) is 0 Å². The third kappa shape index (κ3) is 4.93. The van der Waals surface area contributed by atoms with Crippen LogP contribution in [0.3, 0.4) is 0 Å². The molecule has 0 aliphatic heterocycles. The lowest BCUT2D eigenvalue weighted by Crippen LogP contribution is -2.74. The van der Waals surface area contributed by atoms with Crippen LogP contribution in [0.25, 0.3) is 53.5 Å². The first-order chi connectivity index (χ1) is 24.6. The van der Waals surface area contributed by atoms with E-state index in [1.54, 1.807) is 0 Å². The molecule has 0 amide bonds. The van der Waals surface area contributed by atoms with Gasteiger partial charge in [0.25, 0.3) is 0 Å². The molecule has 0 bridgehead atoms. The standard InChI is InChI=1S/C47H34S2Si/c1-32(46-33(2)40-24-9-11-28-44(40)48-46)34-16-13-22-38(30-34)50(36-18-5-3-6-19-36,37-20-7-4-8-21-37)39-23-14-17-35(31-39)41-26-15-27-43-42-25-10-12-29-45(42)49-47(41)43/h3-31H,2H2,1H3. The summed E-state index contributed by atoms with van der Waals surface area (Å²) in [4.78, 5) is 0. The van der Waals surface area contributed by atoms with Gasteiger partial charge in [0.05, 0.1) is 0 Å². The van der Waals surface area contributed by atoms with Crippen LogP contribution in [-0.4, -0.2) is 8.07 Å². The fraction of sp³-hybridized carbons (Fsp3) is 0.0213. The fourth-order valence-electron chi connectivity index (χ4n) is 7.79. The minimum atomic E-state index is -2.81. The maximum absolute atomic E-state index is 4.54. The summed E-state index contributed by atoms with van der Waals surface area (Å²) in [6.45, 7) is 6.81. The Balaban J connectivity index is 1.32. The average molecular weight is 691 g/mol. The zero-order valence-electron chi connectivity index (χ0n) is 27.8. The van der Waals surface area contributed by atoms with Crippen LogP contribution in [0.15, 0.2) is 176 Å². The lowest BCUT2D eigenvalue weighted by Gasteiger charge is -2.35. The highest BCUT2D eigenvalue weighted by molar-refractivity contribution is 7.26. The molecular formula is C47H34S2Si. The molecule has 0 spiro atoms. The van der Waals surface area contributed by atoms with Gasteiger partial charge < -0.3 is 0 Å². The predicted molar refractivity (Wildman–Crippen MR) is 223 cm³/mol. The van der Waals surface area contributed by atoms with E-state index < -0.39 is 8.07 Å². The van der Waals surface area contributed by atoms with Gasteiger partial charge in [0.1, 0.15) is 0 Å². The minimum Gasteiger partial charge on any atom is -0.135 e. The van der Waals surface area contributed by atoms with E-state index in [1.165, 1.54) is 77.8 Å². The number of thiophene rings is 2. The van der Waals surface area contributed by atoms with Crippen molar-refractivity contribution in [1.82, 2.24) is 0 Å². The van der Waals surface area contributed by atoms with Crippen LogP contribution in [0.4, 0.5) is 0 Å². The van der Waals surface area contributed by atoms with Gasteiger partial charge in [-0.15, -0.1) is 22.7 Å². The molecule has 0 aliphatic rings. The summed E-state index contributed by atoms with van der Waals surface area (Å²) in [6, 6.07) is 65.5. The van der Waals surface area contributed by atoms with Gasteiger partial charge in [-0.05, 0) is 72.7 Å². The summed E-state index contributed by atoms with van der Waals surface area (Å²) in [5.74, 6) is 0. The second kappa shape index (κ2) is 12.5. The summed E-state index contributed by atoms with van der Waals surface area (Å²) >= 11 is 3.74. The van der Waals surface area contributed by atoms with Crippen molar-refractivity contribution in [1.29, 1.82) is 0 Å². The summed E-state index contributed by atoms with van der Waals surface area (Å²) in [5, 5.41) is 10.5. The quantitative estimate of drug-likeness (QED) is 0.121. The number of hydrogen-bond donors (Lipinski definition) is 0. The van der Waals surface area contributed by atoms with E-state index >= 15 is 0 Å². The molecule has 2 heterocycles. The number of benzene rings is 7. The van der Waals surface area contributed by atoms with Gasteiger partial charge in [-0.2, -0.15) is 0 Å². The van der Waals surface area contributed by atoms with Crippen LogP contribution in [-0.2, 0) is 0 Å². The predicted octanol–water partition coefficient (Wildman–Crippen LogP) is 8.94. The van der Waals surface area contributed by atoms with Crippen molar-refractivity contribution in [2.45, 2.75) is 6.92 Å². The SMILES string of the molecule is C=c1c(=C(C)c2cccc([Si](c3ccccc3)(c3ccccc3)c3cccc(-c4cccc5c4sc4ccccc45)c3)c2)sc2ccccc12. The van der Waals surface area contributed by atoms with Crippen molar-refractivity contribution in [2.75, 3.05) is 0 Å². The Morgan fingerprint density at radius 1 is 0.480 bits per heavy atom. The maximum atomic E-state index is 4.54. The first-order valence-electron chi connectivity index (χ1n) is 17.0. The summed E-state index contributed by atoms with van der Waals surface area (Å²) in [5.41, 5.74) is 5.07. The monoisotopic (exact) mass is 690 g/mol. The van der Waals surface area contributed by atoms with Crippen molar-refractivity contribution >= 4 is 93.9 Å². The highest BCUT2D eigenvalue weighted by Crippen LogP contribution is 2.39. The Morgan fingerprint density at radius 2 is 1.02 bits per heavy atom. The van der Waals surface area contributed by atoms with Crippen LogP contribution in [0.1, 0.15) is 12.5 Å². The molecule has 9 aromatic rings. The number of fused-ring (bicyclic) bond motifs is 4. The maximum Gasteiger partial charge on any atom is 0.179 e. The molecule has 0 saturated heterocycles. The van der Waals surface area contributed by atoms with Crippen molar-refractivity contribution in [2.24, 2.45) is 0 Å². The van der Waals surface area contributed by atoms with Gasteiger partial charge in [-0.3, -0.25) is 0 Å². The van der Waals surface area contributed by atoms with Gasteiger partial charge in [0.2, 0.25) is 0 Å². The number of rotatable bonds is 6. The van der Waals surface area contributed by atoms with Crippen LogP contribution >= 0.6 is 22.7 Å². The van der Waals surface area contributed by atoms with Gasteiger partial charge in [0, 0.05) is 29.4 Å². The van der Waals surface area contributed by atoms with Crippen molar-refractivity contribution in [3.63, 3.8) is 0 Å². The molecule has 0 N–H and O–H groups in total. The molecule has 3 heteroatoms. The van der Waals surface area contributed by atoms with Crippen LogP contribution in [0, 0.1) is 0 Å². The lowest BCUT2D eigenvalue weighted by molar-refractivity contribution is 1.55. The second-order valence-corrected chi connectivity index (χ2v) is 18.9. The molecule has 0 nitrogen and oxygen atoms in total. The molecular weight excluding hydrogens is 657 g/mol. The summed E-state index contributed by atoms with van der Waals surface area (Å²) in [6.07, 6.45) is 0. The van der Waals surface area contributed by atoms with E-state index in [0.29, 0.717) is 0 Å². The van der Waals surface area contributed by atoms with E-state index in [4.69, 9.17) is 0 Å².